The van der Waals surface area contributed by atoms with Crippen LogP contribution >= 0.6 is 11.3 Å². The summed E-state index contributed by atoms with van der Waals surface area (Å²) in [5.41, 5.74) is 3.64. The quantitative estimate of drug-likeness (QED) is 0.534. The van der Waals surface area contributed by atoms with Gasteiger partial charge in [0.05, 0.1) is 0 Å². The molecule has 0 atom stereocenters. The highest BCUT2D eigenvalue weighted by Gasteiger charge is 2.21. The lowest BCUT2D eigenvalue weighted by molar-refractivity contribution is 0.102. The van der Waals surface area contributed by atoms with Crippen molar-refractivity contribution >= 4 is 32.4 Å². The van der Waals surface area contributed by atoms with Crippen LogP contribution in [0.2, 0.25) is 0 Å². The number of aromatic nitrogens is 2. The molecule has 0 aliphatic carbocycles. The predicted octanol–water partition coefficient (Wildman–Crippen LogP) is 3.39. The molecular formula is C20H22N4O3S2. The maximum absolute atomic E-state index is 12.6. The van der Waals surface area contributed by atoms with E-state index in [0.717, 1.165) is 40.9 Å². The summed E-state index contributed by atoms with van der Waals surface area (Å²) in [6.07, 6.45) is 1.69. The van der Waals surface area contributed by atoms with E-state index in [4.69, 9.17) is 0 Å². The molecule has 2 aromatic carbocycles. The van der Waals surface area contributed by atoms with Gasteiger partial charge in [0.2, 0.25) is 9.47 Å². The molecule has 1 heterocycles. The first kappa shape index (κ1) is 21.1. The number of carbonyl (C=O) groups is 1. The molecule has 0 radical (unpaired) electrons. The number of rotatable bonds is 8. The molecule has 0 bridgehead atoms. The second kappa shape index (κ2) is 9.25. The van der Waals surface area contributed by atoms with Gasteiger partial charge in [0.25, 0.3) is 15.9 Å². The molecule has 9 heteroatoms. The van der Waals surface area contributed by atoms with Gasteiger partial charge in [-0.25, -0.2) is 13.1 Å². The summed E-state index contributed by atoms with van der Waals surface area (Å²) >= 11 is 0.811. The Labute approximate surface area is 174 Å². The van der Waals surface area contributed by atoms with E-state index >= 15 is 0 Å². The van der Waals surface area contributed by atoms with E-state index in [1.807, 2.05) is 19.1 Å². The Morgan fingerprint density at radius 2 is 1.76 bits per heavy atom. The number of benzene rings is 2. The Morgan fingerprint density at radius 1 is 1.00 bits per heavy atom. The Hall–Kier alpha value is -2.62. The Morgan fingerprint density at radius 3 is 2.45 bits per heavy atom. The largest absolute Gasteiger partial charge is 0.296 e. The van der Waals surface area contributed by atoms with E-state index in [1.165, 1.54) is 0 Å². The maximum Gasteiger partial charge on any atom is 0.270 e. The van der Waals surface area contributed by atoms with Crippen LogP contribution in [0.5, 0.6) is 0 Å². The minimum Gasteiger partial charge on any atom is -0.296 e. The number of anilines is 1. The Balaban J connectivity index is 1.70. The highest BCUT2D eigenvalue weighted by Crippen LogP contribution is 2.21. The molecule has 3 aromatic rings. The zero-order valence-electron chi connectivity index (χ0n) is 16.2. The van der Waals surface area contributed by atoms with Crippen molar-refractivity contribution in [3.8, 4) is 0 Å². The van der Waals surface area contributed by atoms with Crippen LogP contribution < -0.4 is 10.0 Å². The molecule has 0 unspecified atom stereocenters. The van der Waals surface area contributed by atoms with E-state index in [9.17, 15) is 13.2 Å². The average Bonchev–Trinajstić information content (AvgIpc) is 3.22. The normalized spacial score (nSPS) is 11.4. The van der Waals surface area contributed by atoms with Gasteiger partial charge in [-0.1, -0.05) is 61.6 Å². The van der Waals surface area contributed by atoms with Crippen LogP contribution in [-0.2, 0) is 29.4 Å². The van der Waals surface area contributed by atoms with Crippen molar-refractivity contribution in [3.05, 3.63) is 70.8 Å². The smallest absolute Gasteiger partial charge is 0.270 e. The van der Waals surface area contributed by atoms with Gasteiger partial charge in [-0.3, -0.25) is 10.1 Å². The lowest BCUT2D eigenvalue weighted by Crippen LogP contribution is -2.23. The van der Waals surface area contributed by atoms with Crippen molar-refractivity contribution in [2.24, 2.45) is 0 Å². The number of nitrogens with one attached hydrogen (secondary N) is 2. The van der Waals surface area contributed by atoms with Crippen LogP contribution in [0.1, 0.15) is 40.9 Å². The number of hydrogen-bond donors (Lipinski definition) is 2. The van der Waals surface area contributed by atoms with Gasteiger partial charge >= 0.3 is 0 Å². The van der Waals surface area contributed by atoms with Crippen molar-refractivity contribution < 1.29 is 13.2 Å². The van der Waals surface area contributed by atoms with Crippen molar-refractivity contribution in [1.82, 2.24) is 14.9 Å². The molecule has 29 heavy (non-hydrogen) atoms. The lowest BCUT2D eigenvalue weighted by Gasteiger charge is -2.10. The average molecular weight is 431 g/mol. The van der Waals surface area contributed by atoms with Crippen LogP contribution in [0.25, 0.3) is 0 Å². The SMILES string of the molecule is CCc1ccc(CC)c(CNS(=O)(=O)c2nnc(NC(=O)c3ccccc3)s2)c1. The number of hydrogen-bond acceptors (Lipinski definition) is 6. The fraction of sp³-hybridized carbons (Fsp3) is 0.250. The predicted molar refractivity (Wildman–Crippen MR) is 114 cm³/mol. The summed E-state index contributed by atoms with van der Waals surface area (Å²) in [5, 5.41) is 10.2. The molecule has 1 amide bonds. The van der Waals surface area contributed by atoms with Crippen LogP contribution in [0, 0.1) is 0 Å². The summed E-state index contributed by atoms with van der Waals surface area (Å²) < 4.78 is 27.6. The fourth-order valence-electron chi connectivity index (χ4n) is 2.77. The third-order valence-electron chi connectivity index (χ3n) is 4.41. The van der Waals surface area contributed by atoms with E-state index < -0.39 is 10.0 Å². The first-order valence-corrected chi connectivity index (χ1v) is 11.5. The first-order chi connectivity index (χ1) is 13.9. The van der Waals surface area contributed by atoms with Crippen LogP contribution in [0.15, 0.2) is 52.9 Å². The second-order valence-electron chi connectivity index (χ2n) is 6.33. The highest BCUT2D eigenvalue weighted by atomic mass is 32.2. The van der Waals surface area contributed by atoms with E-state index in [2.05, 4.69) is 33.2 Å². The first-order valence-electron chi connectivity index (χ1n) is 9.23. The molecule has 0 saturated heterocycles. The van der Waals surface area contributed by atoms with E-state index in [1.54, 1.807) is 30.3 Å². The minimum absolute atomic E-state index is 0.126. The molecule has 0 aliphatic heterocycles. The van der Waals surface area contributed by atoms with Crippen molar-refractivity contribution in [2.75, 3.05) is 5.32 Å². The molecule has 1 aromatic heterocycles. The fourth-order valence-corrected chi connectivity index (χ4v) is 4.71. The van der Waals surface area contributed by atoms with Gasteiger partial charge in [0.15, 0.2) is 0 Å². The number of amides is 1. The molecule has 2 N–H and O–H groups in total. The van der Waals surface area contributed by atoms with Gasteiger partial charge < -0.3 is 0 Å². The standard InChI is InChI=1S/C20H22N4O3S2/c1-3-14-10-11-15(4-2)17(12-14)13-21-29(26,27)20-24-23-19(28-20)22-18(25)16-8-6-5-7-9-16/h5-12,21H,3-4,13H2,1-2H3,(H,22,23,25). The summed E-state index contributed by atoms with van der Waals surface area (Å²) in [4.78, 5) is 12.2. The zero-order chi connectivity index (χ0) is 20.9. The number of aryl methyl sites for hydroxylation is 2. The molecule has 7 nitrogen and oxygen atoms in total. The van der Waals surface area contributed by atoms with Gasteiger partial charge in [0, 0.05) is 12.1 Å². The van der Waals surface area contributed by atoms with Crippen LogP contribution in [0.4, 0.5) is 5.13 Å². The summed E-state index contributed by atoms with van der Waals surface area (Å²) in [5.74, 6) is -0.373. The molecular weight excluding hydrogens is 408 g/mol. The third-order valence-corrected chi connectivity index (χ3v) is 7.01. The number of sulfonamides is 1. The number of nitrogens with zero attached hydrogens (tertiary/aromatic N) is 2. The molecule has 0 spiro atoms. The van der Waals surface area contributed by atoms with Crippen molar-refractivity contribution in [1.29, 1.82) is 0 Å². The highest BCUT2D eigenvalue weighted by molar-refractivity contribution is 7.91. The molecule has 0 saturated carbocycles. The van der Waals surface area contributed by atoms with Crippen molar-refractivity contribution in [3.63, 3.8) is 0 Å². The molecule has 0 aliphatic rings. The second-order valence-corrected chi connectivity index (χ2v) is 9.25. The Kier molecular flexibility index (Phi) is 6.73. The van der Waals surface area contributed by atoms with Crippen LogP contribution in [-0.4, -0.2) is 24.5 Å². The lowest BCUT2D eigenvalue weighted by atomic mass is 10.0. The summed E-state index contributed by atoms with van der Waals surface area (Å²) in [6.45, 7) is 4.26. The molecule has 152 valence electrons. The molecule has 0 fully saturated rings. The Bertz CT molecular complexity index is 1100. The van der Waals surface area contributed by atoms with Crippen molar-refractivity contribution in [2.45, 2.75) is 37.6 Å². The van der Waals surface area contributed by atoms with Gasteiger partial charge in [0.1, 0.15) is 0 Å². The van der Waals surface area contributed by atoms with Gasteiger partial charge in [-0.15, -0.1) is 10.2 Å². The topological polar surface area (TPSA) is 101 Å². The summed E-state index contributed by atoms with van der Waals surface area (Å²) in [6, 6.07) is 14.7. The maximum atomic E-state index is 12.6. The number of carbonyl (C=O) groups excluding carboxylic acids is 1. The molecule has 3 rings (SSSR count). The van der Waals surface area contributed by atoms with E-state index in [-0.39, 0.29) is 21.9 Å². The van der Waals surface area contributed by atoms with Crippen LogP contribution in [0.3, 0.4) is 0 Å². The zero-order valence-corrected chi connectivity index (χ0v) is 17.8. The van der Waals surface area contributed by atoms with E-state index in [0.29, 0.717) is 5.56 Å². The third kappa shape index (κ3) is 5.26. The monoisotopic (exact) mass is 430 g/mol. The van der Waals surface area contributed by atoms with Gasteiger partial charge in [-0.2, -0.15) is 0 Å². The van der Waals surface area contributed by atoms with Gasteiger partial charge in [-0.05, 0) is 41.7 Å². The minimum atomic E-state index is -3.84. The summed E-state index contributed by atoms with van der Waals surface area (Å²) in [7, 11) is -3.84.